The molecular weight excluding hydrogens is 261 g/mol. The van der Waals surface area contributed by atoms with Gasteiger partial charge in [-0.2, -0.15) is 5.26 Å². The molecule has 0 atom stereocenters. The molecule has 0 aliphatic rings. The van der Waals surface area contributed by atoms with Crippen LogP contribution >= 0.6 is 0 Å². The zero-order chi connectivity index (χ0) is 15.1. The molecule has 0 aliphatic heterocycles. The summed E-state index contributed by atoms with van der Waals surface area (Å²) in [5.74, 6) is 5.30. The molecular formula is C19H16FN. The molecule has 0 amide bonds. The molecule has 1 nitrogen and oxygen atoms in total. The number of rotatable bonds is 3. The van der Waals surface area contributed by atoms with Crippen molar-refractivity contribution in [1.29, 1.82) is 5.26 Å². The molecule has 0 N–H and O–H groups in total. The molecule has 21 heavy (non-hydrogen) atoms. The summed E-state index contributed by atoms with van der Waals surface area (Å²) in [5, 5.41) is 8.70. The van der Waals surface area contributed by atoms with Crippen LogP contribution in [0.25, 0.3) is 0 Å². The van der Waals surface area contributed by atoms with Gasteiger partial charge in [0.2, 0.25) is 0 Å². The molecule has 0 saturated heterocycles. The summed E-state index contributed by atoms with van der Waals surface area (Å²) in [6.07, 6.45) is 3.44. The third-order valence-electron chi connectivity index (χ3n) is 3.21. The van der Waals surface area contributed by atoms with Crippen molar-refractivity contribution in [3.05, 3.63) is 70.5 Å². The Morgan fingerprint density at radius 3 is 2.33 bits per heavy atom. The lowest BCUT2D eigenvalue weighted by molar-refractivity contribution is 0.624. The normalized spacial score (nSPS) is 9.57. The van der Waals surface area contributed by atoms with Crippen LogP contribution in [0.3, 0.4) is 0 Å². The summed E-state index contributed by atoms with van der Waals surface area (Å²) in [6, 6.07) is 14.3. The molecule has 104 valence electrons. The molecule has 0 unspecified atom stereocenters. The number of nitrogens with zero attached hydrogens (tertiary/aromatic N) is 1. The topological polar surface area (TPSA) is 23.8 Å². The molecule has 0 fully saturated rings. The van der Waals surface area contributed by atoms with E-state index in [0.29, 0.717) is 11.1 Å². The largest absolute Gasteiger partial charge is 0.206 e. The van der Waals surface area contributed by atoms with Gasteiger partial charge in [0, 0.05) is 5.56 Å². The molecule has 0 heterocycles. The van der Waals surface area contributed by atoms with Gasteiger partial charge in [-0.3, -0.25) is 0 Å². The first-order valence-corrected chi connectivity index (χ1v) is 7.03. The fraction of sp³-hybridized carbons (Fsp3) is 0.211. The van der Waals surface area contributed by atoms with Crippen molar-refractivity contribution in [2.75, 3.05) is 0 Å². The lowest BCUT2D eigenvalue weighted by atomic mass is 10.1. The van der Waals surface area contributed by atoms with E-state index in [1.807, 2.05) is 18.2 Å². The average molecular weight is 277 g/mol. The first-order chi connectivity index (χ1) is 10.2. The van der Waals surface area contributed by atoms with Crippen molar-refractivity contribution in [3.8, 4) is 17.9 Å². The molecule has 0 bridgehead atoms. The Morgan fingerprint density at radius 2 is 1.71 bits per heavy atom. The summed E-state index contributed by atoms with van der Waals surface area (Å²) in [5.41, 5.74) is 2.77. The molecule has 2 heteroatoms. The van der Waals surface area contributed by atoms with Crippen molar-refractivity contribution in [2.24, 2.45) is 0 Å². The van der Waals surface area contributed by atoms with Crippen LogP contribution in [0.4, 0.5) is 4.39 Å². The molecule has 0 spiro atoms. The molecule has 2 aromatic carbocycles. The SMILES string of the molecule is CCCCc1ccc(C#Cc2ccc(C#N)cc2F)cc1. The van der Waals surface area contributed by atoms with Crippen molar-refractivity contribution in [3.63, 3.8) is 0 Å². The smallest absolute Gasteiger partial charge is 0.140 e. The molecule has 0 aromatic heterocycles. The lowest BCUT2D eigenvalue weighted by Gasteiger charge is -1.99. The van der Waals surface area contributed by atoms with Gasteiger partial charge in [-0.25, -0.2) is 4.39 Å². The number of halogens is 1. The Kier molecular flexibility index (Phi) is 5.13. The molecule has 0 saturated carbocycles. The Morgan fingerprint density at radius 1 is 1.00 bits per heavy atom. The van der Waals surface area contributed by atoms with E-state index in [1.54, 1.807) is 6.07 Å². The number of hydrogen-bond donors (Lipinski definition) is 0. The van der Waals surface area contributed by atoms with Crippen LogP contribution in [-0.4, -0.2) is 0 Å². The highest BCUT2D eigenvalue weighted by atomic mass is 19.1. The van der Waals surface area contributed by atoms with E-state index in [-0.39, 0.29) is 0 Å². The summed E-state index contributed by atoms with van der Waals surface area (Å²) < 4.78 is 13.7. The predicted octanol–water partition coefficient (Wildman–Crippen LogP) is 4.44. The maximum absolute atomic E-state index is 13.7. The predicted molar refractivity (Wildman–Crippen MR) is 82.1 cm³/mol. The van der Waals surface area contributed by atoms with Gasteiger partial charge >= 0.3 is 0 Å². The van der Waals surface area contributed by atoms with Gasteiger partial charge in [-0.05, 0) is 48.7 Å². The molecule has 2 aromatic rings. The summed E-state index contributed by atoms with van der Waals surface area (Å²) in [4.78, 5) is 0. The van der Waals surface area contributed by atoms with E-state index in [4.69, 9.17) is 5.26 Å². The Bertz CT molecular complexity index is 712. The number of hydrogen-bond acceptors (Lipinski definition) is 1. The van der Waals surface area contributed by atoms with Gasteiger partial charge in [0.1, 0.15) is 5.82 Å². The highest BCUT2D eigenvalue weighted by molar-refractivity contribution is 5.46. The summed E-state index contributed by atoms with van der Waals surface area (Å²) in [6.45, 7) is 2.17. The fourth-order valence-electron chi connectivity index (χ4n) is 1.96. The van der Waals surface area contributed by atoms with Crippen molar-refractivity contribution < 1.29 is 4.39 Å². The minimum atomic E-state index is -0.457. The number of aryl methyl sites for hydroxylation is 1. The maximum Gasteiger partial charge on any atom is 0.140 e. The number of unbranched alkanes of at least 4 members (excludes halogenated alkanes) is 1. The van der Waals surface area contributed by atoms with Crippen LogP contribution in [0.5, 0.6) is 0 Å². The summed E-state index contributed by atoms with van der Waals surface area (Å²) >= 11 is 0. The Balaban J connectivity index is 2.14. The van der Waals surface area contributed by atoms with E-state index < -0.39 is 5.82 Å². The van der Waals surface area contributed by atoms with E-state index in [1.165, 1.54) is 30.5 Å². The van der Waals surface area contributed by atoms with Crippen LogP contribution in [0.15, 0.2) is 42.5 Å². The van der Waals surface area contributed by atoms with Crippen LogP contribution in [-0.2, 0) is 6.42 Å². The monoisotopic (exact) mass is 277 g/mol. The van der Waals surface area contributed by atoms with Gasteiger partial charge in [-0.1, -0.05) is 37.3 Å². The first kappa shape index (κ1) is 14.8. The van der Waals surface area contributed by atoms with Crippen LogP contribution < -0.4 is 0 Å². The lowest BCUT2D eigenvalue weighted by Crippen LogP contribution is -1.86. The minimum absolute atomic E-state index is 0.304. The second kappa shape index (κ2) is 7.27. The van der Waals surface area contributed by atoms with Gasteiger partial charge in [0.25, 0.3) is 0 Å². The van der Waals surface area contributed by atoms with Gasteiger partial charge in [-0.15, -0.1) is 0 Å². The van der Waals surface area contributed by atoms with Crippen molar-refractivity contribution >= 4 is 0 Å². The highest BCUT2D eigenvalue weighted by Gasteiger charge is 2.00. The summed E-state index contributed by atoms with van der Waals surface area (Å²) in [7, 11) is 0. The van der Waals surface area contributed by atoms with Gasteiger partial charge < -0.3 is 0 Å². The minimum Gasteiger partial charge on any atom is -0.206 e. The van der Waals surface area contributed by atoms with Gasteiger partial charge in [0.15, 0.2) is 0 Å². The second-order valence-electron chi connectivity index (χ2n) is 4.86. The van der Waals surface area contributed by atoms with E-state index in [9.17, 15) is 4.39 Å². The zero-order valence-electron chi connectivity index (χ0n) is 12.0. The number of benzene rings is 2. The molecule has 2 rings (SSSR count). The molecule has 0 aliphatic carbocycles. The van der Waals surface area contributed by atoms with Crippen LogP contribution in [0.2, 0.25) is 0 Å². The Hall–Kier alpha value is -2.58. The average Bonchev–Trinajstić information content (AvgIpc) is 2.52. The standard InChI is InChI=1S/C19H16FN/c1-2-3-4-15-5-7-16(8-6-15)9-11-18-12-10-17(14-21)13-19(18)20/h5-8,10,12-13H,2-4H2,1H3. The van der Waals surface area contributed by atoms with Crippen molar-refractivity contribution in [2.45, 2.75) is 26.2 Å². The van der Waals surface area contributed by atoms with E-state index in [2.05, 4.69) is 30.9 Å². The third-order valence-corrected chi connectivity index (χ3v) is 3.21. The van der Waals surface area contributed by atoms with E-state index >= 15 is 0 Å². The van der Waals surface area contributed by atoms with E-state index in [0.717, 1.165) is 12.0 Å². The third kappa shape index (κ3) is 4.20. The first-order valence-electron chi connectivity index (χ1n) is 7.03. The second-order valence-corrected chi connectivity index (χ2v) is 4.86. The molecule has 0 radical (unpaired) electrons. The maximum atomic E-state index is 13.7. The number of nitriles is 1. The van der Waals surface area contributed by atoms with Crippen LogP contribution in [0.1, 0.15) is 42.0 Å². The van der Waals surface area contributed by atoms with Gasteiger partial charge in [0.05, 0.1) is 17.2 Å². The quantitative estimate of drug-likeness (QED) is 0.761. The Labute approximate surface area is 125 Å². The zero-order valence-corrected chi connectivity index (χ0v) is 12.0. The fourth-order valence-corrected chi connectivity index (χ4v) is 1.96. The van der Waals surface area contributed by atoms with Crippen molar-refractivity contribution in [1.82, 2.24) is 0 Å². The van der Waals surface area contributed by atoms with Crippen LogP contribution in [0, 0.1) is 29.0 Å². The highest BCUT2D eigenvalue weighted by Crippen LogP contribution is 2.10.